The monoisotopic (exact) mass is 395 g/mol. The van der Waals surface area contributed by atoms with Crippen LogP contribution in [0.15, 0.2) is 109 Å². The van der Waals surface area contributed by atoms with E-state index in [-0.39, 0.29) is 0 Å². The van der Waals surface area contributed by atoms with Crippen molar-refractivity contribution < 1.29 is 0 Å². The fourth-order valence-electron chi connectivity index (χ4n) is 4.71. The smallest absolute Gasteiger partial charge is 0.0353 e. The lowest BCUT2D eigenvalue weighted by atomic mass is 9.86. The minimum atomic E-state index is 1.19. The summed E-state index contributed by atoms with van der Waals surface area (Å²) < 4.78 is 0. The Balaban J connectivity index is 1.76. The highest BCUT2D eigenvalue weighted by Gasteiger charge is 2.16. The van der Waals surface area contributed by atoms with E-state index >= 15 is 0 Å². The maximum absolute atomic E-state index is 4.51. The minimum Gasteiger partial charge on any atom is -0.264 e. The number of pyridine rings is 1. The molecule has 1 heteroatoms. The Morgan fingerprint density at radius 3 is 1.90 bits per heavy atom. The van der Waals surface area contributed by atoms with Gasteiger partial charge in [-0.1, -0.05) is 90.5 Å². The second kappa shape index (κ2) is 7.07. The summed E-state index contributed by atoms with van der Waals surface area (Å²) in [5.41, 5.74) is 6.26. The first-order valence-electron chi connectivity index (χ1n) is 10.6. The molecule has 1 aromatic heterocycles. The summed E-state index contributed by atoms with van der Waals surface area (Å²) in [6, 6.07) is 35.0. The number of aryl methyl sites for hydroxylation is 1. The lowest BCUT2D eigenvalue weighted by molar-refractivity contribution is 1.37. The van der Waals surface area contributed by atoms with Crippen molar-refractivity contribution in [1.29, 1.82) is 0 Å². The summed E-state index contributed by atoms with van der Waals surface area (Å²) >= 11 is 0. The molecule has 0 aliphatic carbocycles. The van der Waals surface area contributed by atoms with Gasteiger partial charge in [0.15, 0.2) is 0 Å². The number of fused-ring (bicyclic) bond motifs is 3. The van der Waals surface area contributed by atoms with E-state index in [2.05, 4.69) is 109 Å². The van der Waals surface area contributed by atoms with Crippen molar-refractivity contribution in [3.63, 3.8) is 0 Å². The van der Waals surface area contributed by atoms with Crippen molar-refractivity contribution in [3.8, 4) is 22.3 Å². The van der Waals surface area contributed by atoms with Gasteiger partial charge in [0.25, 0.3) is 0 Å². The molecule has 0 aliphatic rings. The van der Waals surface area contributed by atoms with Crippen molar-refractivity contribution in [2.45, 2.75) is 6.92 Å². The summed E-state index contributed by atoms with van der Waals surface area (Å²) in [4.78, 5) is 4.51. The van der Waals surface area contributed by atoms with Crippen LogP contribution in [-0.4, -0.2) is 4.98 Å². The van der Waals surface area contributed by atoms with Crippen molar-refractivity contribution in [2.75, 3.05) is 0 Å². The second-order valence-corrected chi connectivity index (χ2v) is 8.14. The van der Waals surface area contributed by atoms with Crippen LogP contribution in [0.1, 0.15) is 5.56 Å². The minimum absolute atomic E-state index is 1.19. The fourth-order valence-corrected chi connectivity index (χ4v) is 4.71. The Labute approximate surface area is 181 Å². The van der Waals surface area contributed by atoms with Crippen LogP contribution in [0.2, 0.25) is 0 Å². The zero-order chi connectivity index (χ0) is 20.8. The summed E-state index contributed by atoms with van der Waals surface area (Å²) in [5, 5.41) is 7.47. The number of aromatic nitrogens is 1. The topological polar surface area (TPSA) is 12.9 Å². The molecule has 0 N–H and O–H groups in total. The van der Waals surface area contributed by atoms with E-state index in [1.165, 1.54) is 60.1 Å². The molecule has 0 amide bonds. The third kappa shape index (κ3) is 2.90. The molecule has 6 rings (SSSR count). The molecule has 0 spiro atoms. The van der Waals surface area contributed by atoms with E-state index in [1.807, 2.05) is 12.4 Å². The van der Waals surface area contributed by atoms with Gasteiger partial charge in [-0.25, -0.2) is 0 Å². The Morgan fingerprint density at radius 1 is 0.516 bits per heavy atom. The lowest BCUT2D eigenvalue weighted by Crippen LogP contribution is -1.91. The quantitative estimate of drug-likeness (QED) is 0.269. The highest BCUT2D eigenvalue weighted by atomic mass is 14.6. The standard InChI is InChI=1S/C30H21N/c1-20-10-12-22(13-11-20)29-25-8-4-5-9-26(25)30(27-16-17-31-19-28(27)29)24-15-14-21-6-2-3-7-23(21)18-24/h2-19H,1H3. The number of hydrogen-bond donors (Lipinski definition) is 0. The van der Waals surface area contributed by atoms with Crippen LogP contribution < -0.4 is 0 Å². The summed E-state index contributed by atoms with van der Waals surface area (Å²) in [5.74, 6) is 0. The van der Waals surface area contributed by atoms with Crippen LogP contribution in [0.5, 0.6) is 0 Å². The van der Waals surface area contributed by atoms with Gasteiger partial charge in [-0.15, -0.1) is 0 Å². The number of nitrogens with zero attached hydrogens (tertiary/aromatic N) is 1. The SMILES string of the molecule is Cc1ccc(-c2c3ccccc3c(-c3ccc4ccccc4c3)c3ccncc23)cc1. The molecule has 0 fully saturated rings. The van der Waals surface area contributed by atoms with Gasteiger partial charge in [0, 0.05) is 17.8 Å². The maximum atomic E-state index is 4.51. The van der Waals surface area contributed by atoms with Crippen molar-refractivity contribution in [2.24, 2.45) is 0 Å². The first-order chi connectivity index (χ1) is 15.3. The van der Waals surface area contributed by atoms with Crippen LogP contribution in [0, 0.1) is 6.92 Å². The number of rotatable bonds is 2. The Morgan fingerprint density at radius 2 is 1.13 bits per heavy atom. The van der Waals surface area contributed by atoms with E-state index in [0.29, 0.717) is 0 Å². The normalized spacial score (nSPS) is 11.4. The van der Waals surface area contributed by atoms with E-state index in [1.54, 1.807) is 0 Å². The molecule has 1 nitrogen and oxygen atoms in total. The molecule has 0 radical (unpaired) electrons. The van der Waals surface area contributed by atoms with E-state index in [4.69, 9.17) is 0 Å². The fraction of sp³-hybridized carbons (Fsp3) is 0.0333. The third-order valence-electron chi connectivity index (χ3n) is 6.20. The molecule has 0 aliphatic heterocycles. The van der Waals surface area contributed by atoms with E-state index in [9.17, 15) is 0 Å². The average molecular weight is 396 g/mol. The molecule has 1 heterocycles. The lowest BCUT2D eigenvalue weighted by Gasteiger charge is -2.17. The van der Waals surface area contributed by atoms with E-state index < -0.39 is 0 Å². The molecule has 0 saturated carbocycles. The largest absolute Gasteiger partial charge is 0.264 e. The molecular formula is C30H21N. The summed E-state index contributed by atoms with van der Waals surface area (Å²) in [6.07, 6.45) is 3.92. The Kier molecular flexibility index (Phi) is 4.07. The predicted octanol–water partition coefficient (Wildman–Crippen LogP) is 8.18. The van der Waals surface area contributed by atoms with Gasteiger partial charge in [-0.3, -0.25) is 4.98 Å². The molecule has 6 aromatic rings. The summed E-state index contributed by atoms with van der Waals surface area (Å²) in [7, 11) is 0. The third-order valence-corrected chi connectivity index (χ3v) is 6.20. The molecule has 31 heavy (non-hydrogen) atoms. The van der Waals surface area contributed by atoms with E-state index in [0.717, 1.165) is 0 Å². The van der Waals surface area contributed by atoms with Gasteiger partial charge < -0.3 is 0 Å². The van der Waals surface area contributed by atoms with Gasteiger partial charge in [-0.2, -0.15) is 0 Å². The van der Waals surface area contributed by atoms with Crippen LogP contribution >= 0.6 is 0 Å². The van der Waals surface area contributed by atoms with Gasteiger partial charge >= 0.3 is 0 Å². The Hall–Kier alpha value is -3.97. The molecule has 0 unspecified atom stereocenters. The average Bonchev–Trinajstić information content (AvgIpc) is 2.83. The van der Waals surface area contributed by atoms with Gasteiger partial charge in [-0.05, 0) is 68.2 Å². The van der Waals surface area contributed by atoms with Gasteiger partial charge in [0.05, 0.1) is 0 Å². The number of benzene rings is 5. The first-order valence-corrected chi connectivity index (χ1v) is 10.6. The molecule has 0 bridgehead atoms. The highest BCUT2D eigenvalue weighted by Crippen LogP contribution is 2.43. The predicted molar refractivity (Wildman–Crippen MR) is 132 cm³/mol. The Bertz CT molecular complexity index is 1520. The zero-order valence-electron chi connectivity index (χ0n) is 17.3. The zero-order valence-corrected chi connectivity index (χ0v) is 17.3. The van der Waals surface area contributed by atoms with Gasteiger partial charge in [0.1, 0.15) is 0 Å². The molecular weight excluding hydrogens is 374 g/mol. The van der Waals surface area contributed by atoms with Crippen LogP contribution in [-0.2, 0) is 0 Å². The number of hydrogen-bond acceptors (Lipinski definition) is 1. The van der Waals surface area contributed by atoms with Gasteiger partial charge in [0.2, 0.25) is 0 Å². The maximum Gasteiger partial charge on any atom is 0.0353 e. The van der Waals surface area contributed by atoms with Crippen molar-refractivity contribution in [1.82, 2.24) is 4.98 Å². The van der Waals surface area contributed by atoms with Crippen LogP contribution in [0.4, 0.5) is 0 Å². The van der Waals surface area contributed by atoms with Crippen LogP contribution in [0.3, 0.4) is 0 Å². The van der Waals surface area contributed by atoms with Crippen molar-refractivity contribution in [3.05, 3.63) is 115 Å². The summed E-state index contributed by atoms with van der Waals surface area (Å²) in [6.45, 7) is 2.13. The molecule has 5 aromatic carbocycles. The second-order valence-electron chi connectivity index (χ2n) is 8.14. The molecule has 0 saturated heterocycles. The highest BCUT2D eigenvalue weighted by molar-refractivity contribution is 6.21. The van der Waals surface area contributed by atoms with Crippen molar-refractivity contribution >= 4 is 32.3 Å². The first kappa shape index (κ1) is 17.9. The van der Waals surface area contributed by atoms with Crippen LogP contribution in [0.25, 0.3) is 54.6 Å². The molecule has 0 atom stereocenters. The molecule has 146 valence electrons.